The topological polar surface area (TPSA) is 107 Å². The summed E-state index contributed by atoms with van der Waals surface area (Å²) in [5.74, 6) is 1.60. The zero-order valence-corrected chi connectivity index (χ0v) is 22.9. The molecule has 0 radical (unpaired) electrons. The van der Waals surface area contributed by atoms with E-state index in [9.17, 15) is 9.59 Å². The predicted octanol–water partition coefficient (Wildman–Crippen LogP) is 5.25. The molecule has 10 heteroatoms. The molecule has 5 rings (SSSR count). The number of ether oxygens (including phenoxy) is 1. The minimum absolute atomic E-state index is 0.0124. The molecule has 0 saturated heterocycles. The Balaban J connectivity index is 1.38. The number of fused-ring (bicyclic) bond motifs is 2. The number of aromatic nitrogens is 5. The van der Waals surface area contributed by atoms with Crippen LogP contribution < -0.4 is 10.1 Å². The second-order valence-electron chi connectivity index (χ2n) is 11.4. The summed E-state index contributed by atoms with van der Waals surface area (Å²) in [4.78, 5) is 35.8. The molecule has 198 valence electrons. The summed E-state index contributed by atoms with van der Waals surface area (Å²) < 4.78 is 9.65. The number of aryl methyl sites for hydroxylation is 1. The smallest absolute Gasteiger partial charge is 0.331 e. The number of rotatable bonds is 3. The lowest BCUT2D eigenvalue weighted by molar-refractivity contribution is -0.135. The van der Waals surface area contributed by atoms with E-state index in [-0.39, 0.29) is 23.0 Å². The maximum Gasteiger partial charge on any atom is 0.331 e. The Labute approximate surface area is 221 Å². The number of carbonyl (C=O) groups is 2. The Bertz CT molecular complexity index is 1560. The molecule has 0 saturated carbocycles. The summed E-state index contributed by atoms with van der Waals surface area (Å²) in [6.45, 7) is 14.2. The normalized spacial score (nSPS) is 14.9. The Morgan fingerprint density at radius 3 is 2.55 bits per heavy atom. The van der Waals surface area contributed by atoms with Gasteiger partial charge in [-0.1, -0.05) is 0 Å². The summed E-state index contributed by atoms with van der Waals surface area (Å²) in [6, 6.07) is 8.97. The molecule has 0 aliphatic carbocycles. The highest BCUT2D eigenvalue weighted by Gasteiger charge is 2.37. The molecule has 2 amide bonds. The van der Waals surface area contributed by atoms with Gasteiger partial charge in [-0.05, 0) is 65.8 Å². The van der Waals surface area contributed by atoms with E-state index in [1.807, 2.05) is 60.7 Å². The Kier molecular flexibility index (Phi) is 6.00. The fraction of sp³-hybridized carbons (Fsp3) is 0.393. The molecule has 1 aliphatic rings. The van der Waals surface area contributed by atoms with Gasteiger partial charge in [0, 0.05) is 47.8 Å². The lowest BCUT2D eigenvalue weighted by atomic mass is 9.88. The van der Waals surface area contributed by atoms with Crippen molar-refractivity contribution in [1.82, 2.24) is 29.2 Å². The molecule has 1 N–H and O–H groups in total. The van der Waals surface area contributed by atoms with Gasteiger partial charge in [0.05, 0.1) is 23.3 Å². The number of nitrogens with zero attached hydrogens (tertiary/aromatic N) is 6. The lowest BCUT2D eigenvalue weighted by Gasteiger charge is -2.42. The number of hydrogen-bond acceptors (Lipinski definition) is 6. The second-order valence-corrected chi connectivity index (χ2v) is 11.4. The molecule has 10 nitrogen and oxygen atoms in total. The van der Waals surface area contributed by atoms with Gasteiger partial charge in [-0.2, -0.15) is 5.10 Å². The van der Waals surface area contributed by atoms with Crippen LogP contribution >= 0.6 is 0 Å². The summed E-state index contributed by atoms with van der Waals surface area (Å²) in [7, 11) is 0. The van der Waals surface area contributed by atoms with Gasteiger partial charge < -0.3 is 9.64 Å². The average Bonchev–Trinajstić information content (AvgIpc) is 3.41. The van der Waals surface area contributed by atoms with E-state index in [0.29, 0.717) is 30.4 Å². The molecule has 0 bridgehead atoms. The molecule has 0 atom stereocenters. The third-order valence-electron chi connectivity index (χ3n) is 6.88. The maximum atomic E-state index is 13.1. The molecule has 1 aromatic carbocycles. The standard InChI is InChI=1S/C28H33N7O3/c1-17-12-24(32-35(17)27(3,4)5)31-26(37)33-11-10-19-13-20(8-9-23(19)33)38-25-21-14-28(6,7)34(18(2)36)15-22(21)29-16-30-25/h8-13,16H,14-15H2,1-7H3,(H,31,32,37). The summed E-state index contributed by atoms with van der Waals surface area (Å²) >= 11 is 0. The van der Waals surface area contributed by atoms with Crippen LogP contribution in [-0.2, 0) is 23.3 Å². The lowest BCUT2D eigenvalue weighted by Crippen LogP contribution is -2.51. The van der Waals surface area contributed by atoms with Crippen molar-refractivity contribution in [3.8, 4) is 11.6 Å². The van der Waals surface area contributed by atoms with Crippen LogP contribution in [0.15, 0.2) is 42.9 Å². The van der Waals surface area contributed by atoms with Crippen molar-refractivity contribution in [1.29, 1.82) is 0 Å². The highest BCUT2D eigenvalue weighted by Crippen LogP contribution is 2.36. The molecule has 4 heterocycles. The average molecular weight is 516 g/mol. The number of nitrogens with one attached hydrogen (secondary N) is 1. The molecule has 0 unspecified atom stereocenters. The van der Waals surface area contributed by atoms with Gasteiger partial charge >= 0.3 is 6.03 Å². The van der Waals surface area contributed by atoms with Crippen LogP contribution in [0.5, 0.6) is 11.6 Å². The zero-order chi connectivity index (χ0) is 27.4. The molecule has 3 aromatic heterocycles. The van der Waals surface area contributed by atoms with Gasteiger partial charge in [0.15, 0.2) is 5.82 Å². The first-order chi connectivity index (χ1) is 17.8. The van der Waals surface area contributed by atoms with E-state index in [1.54, 1.807) is 17.7 Å². The monoisotopic (exact) mass is 515 g/mol. The van der Waals surface area contributed by atoms with Gasteiger partial charge in [-0.25, -0.2) is 14.8 Å². The zero-order valence-electron chi connectivity index (χ0n) is 22.9. The predicted molar refractivity (Wildman–Crippen MR) is 144 cm³/mol. The fourth-order valence-corrected chi connectivity index (χ4v) is 5.12. The van der Waals surface area contributed by atoms with Crippen LogP contribution in [-0.4, -0.2) is 46.7 Å². The molecular formula is C28H33N7O3. The number of anilines is 1. The van der Waals surface area contributed by atoms with Crippen molar-refractivity contribution in [2.24, 2.45) is 0 Å². The van der Waals surface area contributed by atoms with Gasteiger partial charge in [0.2, 0.25) is 11.8 Å². The number of carbonyl (C=O) groups excluding carboxylic acids is 2. The van der Waals surface area contributed by atoms with E-state index in [2.05, 4.69) is 41.2 Å². The van der Waals surface area contributed by atoms with Gasteiger partial charge in [0.1, 0.15) is 12.1 Å². The Hall–Kier alpha value is -4.21. The van der Waals surface area contributed by atoms with Crippen LogP contribution in [0.1, 0.15) is 58.5 Å². The molecule has 4 aromatic rings. The summed E-state index contributed by atoms with van der Waals surface area (Å²) in [5.41, 5.74) is 2.84. The highest BCUT2D eigenvalue weighted by molar-refractivity contribution is 5.98. The molecular weight excluding hydrogens is 482 g/mol. The van der Waals surface area contributed by atoms with Crippen LogP contribution in [0.25, 0.3) is 10.9 Å². The van der Waals surface area contributed by atoms with Crippen LogP contribution in [0, 0.1) is 6.92 Å². The third kappa shape index (κ3) is 4.62. The minimum Gasteiger partial charge on any atom is -0.439 e. The van der Waals surface area contributed by atoms with E-state index in [0.717, 1.165) is 27.9 Å². The molecule has 38 heavy (non-hydrogen) atoms. The van der Waals surface area contributed by atoms with Crippen molar-refractivity contribution in [3.63, 3.8) is 0 Å². The largest absolute Gasteiger partial charge is 0.439 e. The summed E-state index contributed by atoms with van der Waals surface area (Å²) in [6.07, 6.45) is 3.77. The first-order valence-corrected chi connectivity index (χ1v) is 12.6. The number of hydrogen-bond donors (Lipinski definition) is 1. The Morgan fingerprint density at radius 1 is 1.11 bits per heavy atom. The quantitative estimate of drug-likeness (QED) is 0.400. The Morgan fingerprint density at radius 2 is 1.87 bits per heavy atom. The van der Waals surface area contributed by atoms with Crippen molar-refractivity contribution in [2.45, 2.75) is 72.5 Å². The van der Waals surface area contributed by atoms with E-state index in [4.69, 9.17) is 4.74 Å². The first-order valence-electron chi connectivity index (χ1n) is 12.6. The molecule has 0 fully saturated rings. The van der Waals surface area contributed by atoms with Crippen molar-refractivity contribution in [3.05, 3.63) is 59.8 Å². The first kappa shape index (κ1) is 25.4. The van der Waals surface area contributed by atoms with E-state index in [1.165, 1.54) is 6.33 Å². The fourth-order valence-electron chi connectivity index (χ4n) is 5.12. The number of benzene rings is 1. The van der Waals surface area contributed by atoms with Crippen LogP contribution in [0.2, 0.25) is 0 Å². The van der Waals surface area contributed by atoms with Gasteiger partial charge in [0.25, 0.3) is 0 Å². The van der Waals surface area contributed by atoms with Gasteiger partial charge in [-0.15, -0.1) is 0 Å². The highest BCUT2D eigenvalue weighted by atomic mass is 16.5. The van der Waals surface area contributed by atoms with Crippen molar-refractivity contribution >= 4 is 28.7 Å². The minimum atomic E-state index is -0.378. The third-order valence-corrected chi connectivity index (χ3v) is 6.88. The summed E-state index contributed by atoms with van der Waals surface area (Å²) in [5, 5.41) is 8.29. The van der Waals surface area contributed by atoms with Crippen molar-refractivity contribution < 1.29 is 14.3 Å². The van der Waals surface area contributed by atoms with E-state index < -0.39 is 0 Å². The molecule has 1 aliphatic heterocycles. The van der Waals surface area contributed by atoms with Crippen LogP contribution in [0.3, 0.4) is 0 Å². The van der Waals surface area contributed by atoms with Crippen LogP contribution in [0.4, 0.5) is 10.6 Å². The van der Waals surface area contributed by atoms with E-state index >= 15 is 0 Å². The number of amides is 2. The maximum absolute atomic E-state index is 13.1. The van der Waals surface area contributed by atoms with Crippen molar-refractivity contribution in [2.75, 3.05) is 5.32 Å². The molecule has 0 spiro atoms. The second kappa shape index (κ2) is 8.97. The SMILES string of the molecule is CC(=O)N1Cc2ncnc(Oc3ccc4c(ccn4C(=O)Nc4cc(C)n(C(C)(C)C)n4)c3)c2CC1(C)C. The van der Waals surface area contributed by atoms with Gasteiger partial charge in [-0.3, -0.25) is 19.4 Å².